The standard InChI is InChI=1S/C15H12IN3OS/c16-14-7-12(9-21-14)15(20)18-13-3-1-2-11(6-13)8-19-5-4-17-10-19/h1-7,9-10H,8H2,(H,18,20). The minimum atomic E-state index is -0.0750. The first-order valence-electron chi connectivity index (χ1n) is 6.31. The molecule has 3 rings (SSSR count). The molecule has 0 saturated heterocycles. The molecule has 106 valence electrons. The molecule has 2 heterocycles. The van der Waals surface area contributed by atoms with E-state index in [1.165, 1.54) is 0 Å². The number of benzene rings is 1. The summed E-state index contributed by atoms with van der Waals surface area (Å²) in [6, 6.07) is 9.74. The molecular weight excluding hydrogens is 397 g/mol. The minimum absolute atomic E-state index is 0.0750. The zero-order chi connectivity index (χ0) is 14.7. The number of carbonyl (C=O) groups is 1. The van der Waals surface area contributed by atoms with E-state index in [1.54, 1.807) is 23.9 Å². The number of nitrogens with one attached hydrogen (secondary N) is 1. The van der Waals surface area contributed by atoms with Crippen molar-refractivity contribution in [1.82, 2.24) is 9.55 Å². The number of rotatable bonds is 4. The molecule has 1 aromatic carbocycles. The topological polar surface area (TPSA) is 46.9 Å². The summed E-state index contributed by atoms with van der Waals surface area (Å²) in [5.41, 5.74) is 2.62. The number of carbonyl (C=O) groups excluding carboxylic acids is 1. The Bertz CT molecular complexity index is 752. The third-order valence-corrected chi connectivity index (χ3v) is 4.73. The van der Waals surface area contributed by atoms with Gasteiger partial charge in [-0.25, -0.2) is 4.98 Å². The smallest absolute Gasteiger partial charge is 0.256 e. The molecule has 4 nitrogen and oxygen atoms in total. The van der Waals surface area contributed by atoms with E-state index >= 15 is 0 Å². The van der Waals surface area contributed by atoms with E-state index in [0.717, 1.165) is 20.7 Å². The number of aromatic nitrogens is 2. The van der Waals surface area contributed by atoms with Crippen molar-refractivity contribution in [3.63, 3.8) is 0 Å². The quantitative estimate of drug-likeness (QED) is 0.666. The van der Waals surface area contributed by atoms with Gasteiger partial charge in [0.2, 0.25) is 0 Å². The highest BCUT2D eigenvalue weighted by Gasteiger charge is 2.08. The fourth-order valence-electron chi connectivity index (χ4n) is 1.97. The number of thiophene rings is 1. The van der Waals surface area contributed by atoms with Gasteiger partial charge in [0, 0.05) is 30.0 Å². The van der Waals surface area contributed by atoms with E-state index in [4.69, 9.17) is 0 Å². The van der Waals surface area contributed by atoms with Crippen LogP contribution in [0.15, 0.2) is 54.4 Å². The summed E-state index contributed by atoms with van der Waals surface area (Å²) in [5, 5.41) is 4.80. The van der Waals surface area contributed by atoms with Gasteiger partial charge in [-0.15, -0.1) is 11.3 Å². The van der Waals surface area contributed by atoms with Crippen LogP contribution in [-0.2, 0) is 6.54 Å². The molecule has 1 amide bonds. The Morgan fingerprint density at radius 1 is 1.38 bits per heavy atom. The molecule has 21 heavy (non-hydrogen) atoms. The average molecular weight is 409 g/mol. The van der Waals surface area contributed by atoms with Gasteiger partial charge < -0.3 is 9.88 Å². The summed E-state index contributed by atoms with van der Waals surface area (Å²) in [6.45, 7) is 0.736. The highest BCUT2D eigenvalue weighted by molar-refractivity contribution is 14.1. The maximum atomic E-state index is 12.1. The predicted octanol–water partition coefficient (Wildman–Crippen LogP) is 3.85. The highest BCUT2D eigenvalue weighted by Crippen LogP contribution is 2.18. The molecule has 0 fully saturated rings. The molecule has 0 spiro atoms. The van der Waals surface area contributed by atoms with Crippen LogP contribution in [0.2, 0.25) is 0 Å². The van der Waals surface area contributed by atoms with Gasteiger partial charge in [0.15, 0.2) is 0 Å². The van der Waals surface area contributed by atoms with Crippen LogP contribution in [0.5, 0.6) is 0 Å². The normalized spacial score (nSPS) is 10.5. The summed E-state index contributed by atoms with van der Waals surface area (Å²) in [4.78, 5) is 16.2. The lowest BCUT2D eigenvalue weighted by atomic mass is 10.2. The number of nitrogens with zero attached hydrogens (tertiary/aromatic N) is 2. The Labute approximate surface area is 140 Å². The van der Waals surface area contributed by atoms with Gasteiger partial charge in [0.1, 0.15) is 0 Å². The van der Waals surface area contributed by atoms with Crippen molar-refractivity contribution >= 4 is 45.5 Å². The molecule has 0 radical (unpaired) electrons. The van der Waals surface area contributed by atoms with Gasteiger partial charge >= 0.3 is 0 Å². The predicted molar refractivity (Wildman–Crippen MR) is 92.8 cm³/mol. The highest BCUT2D eigenvalue weighted by atomic mass is 127. The molecule has 0 aliphatic rings. The summed E-state index contributed by atoms with van der Waals surface area (Å²) in [6.07, 6.45) is 5.45. The van der Waals surface area contributed by atoms with Gasteiger partial charge in [0.05, 0.1) is 14.8 Å². The summed E-state index contributed by atoms with van der Waals surface area (Å²) in [7, 11) is 0. The first-order valence-corrected chi connectivity index (χ1v) is 8.26. The average Bonchev–Trinajstić information content (AvgIpc) is 3.11. The van der Waals surface area contributed by atoms with E-state index in [0.29, 0.717) is 5.56 Å². The molecule has 1 N–H and O–H groups in total. The lowest BCUT2D eigenvalue weighted by Gasteiger charge is -2.07. The van der Waals surface area contributed by atoms with Gasteiger partial charge in [-0.3, -0.25) is 4.79 Å². The number of amides is 1. The fourth-order valence-corrected chi connectivity index (χ4v) is 3.30. The van der Waals surface area contributed by atoms with E-state index < -0.39 is 0 Å². The molecular formula is C15H12IN3OS. The molecule has 0 saturated carbocycles. The third-order valence-electron chi connectivity index (χ3n) is 2.94. The van der Waals surface area contributed by atoms with Crippen LogP contribution in [0.1, 0.15) is 15.9 Å². The maximum absolute atomic E-state index is 12.1. The van der Waals surface area contributed by atoms with Crippen molar-refractivity contribution in [2.45, 2.75) is 6.54 Å². The molecule has 0 unspecified atom stereocenters. The van der Waals surface area contributed by atoms with E-state index in [-0.39, 0.29) is 5.91 Å². The van der Waals surface area contributed by atoms with Crippen LogP contribution >= 0.6 is 33.9 Å². The number of hydrogen-bond donors (Lipinski definition) is 1. The van der Waals surface area contributed by atoms with Crippen LogP contribution in [0, 0.1) is 2.88 Å². The van der Waals surface area contributed by atoms with Crippen LogP contribution in [0.4, 0.5) is 5.69 Å². The van der Waals surface area contributed by atoms with Crippen molar-refractivity contribution in [3.05, 3.63) is 68.4 Å². The molecule has 0 aliphatic heterocycles. The summed E-state index contributed by atoms with van der Waals surface area (Å²) in [5.74, 6) is -0.0750. The second-order valence-electron chi connectivity index (χ2n) is 4.53. The molecule has 3 aromatic rings. The third kappa shape index (κ3) is 3.70. The Kier molecular flexibility index (Phi) is 4.35. The summed E-state index contributed by atoms with van der Waals surface area (Å²) >= 11 is 3.78. The number of halogens is 1. The zero-order valence-corrected chi connectivity index (χ0v) is 14.0. The molecule has 0 aliphatic carbocycles. The number of hydrogen-bond acceptors (Lipinski definition) is 3. The summed E-state index contributed by atoms with van der Waals surface area (Å²) < 4.78 is 3.09. The fraction of sp³-hybridized carbons (Fsp3) is 0.0667. The maximum Gasteiger partial charge on any atom is 0.256 e. The SMILES string of the molecule is O=C(Nc1cccc(Cn2ccnc2)c1)c1csc(I)c1. The van der Waals surface area contributed by atoms with Gasteiger partial charge in [-0.1, -0.05) is 12.1 Å². The lowest BCUT2D eigenvalue weighted by molar-refractivity contribution is 0.102. The van der Waals surface area contributed by atoms with Crippen molar-refractivity contribution in [2.75, 3.05) is 5.32 Å². The van der Waals surface area contributed by atoms with Crippen LogP contribution in [0.3, 0.4) is 0 Å². The Morgan fingerprint density at radius 3 is 3.00 bits per heavy atom. The van der Waals surface area contributed by atoms with Crippen molar-refractivity contribution in [1.29, 1.82) is 0 Å². The van der Waals surface area contributed by atoms with Gasteiger partial charge in [-0.05, 0) is 46.4 Å². The van der Waals surface area contributed by atoms with Gasteiger partial charge in [0.25, 0.3) is 5.91 Å². The zero-order valence-electron chi connectivity index (χ0n) is 11.0. The molecule has 0 bridgehead atoms. The molecule has 0 atom stereocenters. The lowest BCUT2D eigenvalue weighted by Crippen LogP contribution is -2.11. The Hall–Kier alpha value is -1.67. The van der Waals surface area contributed by atoms with E-state index in [9.17, 15) is 4.79 Å². The minimum Gasteiger partial charge on any atom is -0.333 e. The first-order chi connectivity index (χ1) is 10.2. The largest absolute Gasteiger partial charge is 0.333 e. The second kappa shape index (κ2) is 6.40. The monoisotopic (exact) mass is 409 g/mol. The van der Waals surface area contributed by atoms with Crippen molar-refractivity contribution < 1.29 is 4.79 Å². The second-order valence-corrected chi connectivity index (χ2v) is 7.33. The van der Waals surface area contributed by atoms with Crippen LogP contribution < -0.4 is 5.32 Å². The van der Waals surface area contributed by atoms with E-state index in [2.05, 4.69) is 32.9 Å². The Morgan fingerprint density at radius 2 is 2.29 bits per heavy atom. The molecule has 6 heteroatoms. The van der Waals surface area contributed by atoms with Crippen LogP contribution in [-0.4, -0.2) is 15.5 Å². The van der Waals surface area contributed by atoms with Gasteiger partial charge in [-0.2, -0.15) is 0 Å². The van der Waals surface area contributed by atoms with Crippen LogP contribution in [0.25, 0.3) is 0 Å². The van der Waals surface area contributed by atoms with E-state index in [1.807, 2.05) is 46.5 Å². The van der Waals surface area contributed by atoms with Crippen molar-refractivity contribution in [3.8, 4) is 0 Å². The van der Waals surface area contributed by atoms with Crippen molar-refractivity contribution in [2.24, 2.45) is 0 Å². The number of imidazole rings is 1. The first kappa shape index (κ1) is 14.3. The molecule has 2 aromatic heterocycles. The number of anilines is 1. The Balaban J connectivity index is 1.72.